The zero-order valence-electron chi connectivity index (χ0n) is 13.5. The zero-order chi connectivity index (χ0) is 17.4. The van der Waals surface area contributed by atoms with Crippen LogP contribution in [0.15, 0.2) is 48.5 Å². The van der Waals surface area contributed by atoms with Crippen molar-refractivity contribution >= 4 is 17.7 Å². The van der Waals surface area contributed by atoms with Crippen molar-refractivity contribution in [1.82, 2.24) is 9.80 Å². The maximum absolute atomic E-state index is 12.7. The first-order valence-electron chi connectivity index (χ1n) is 8.09. The molecule has 0 bridgehead atoms. The van der Waals surface area contributed by atoms with Gasteiger partial charge in [0.15, 0.2) is 0 Å². The number of benzene rings is 2. The van der Waals surface area contributed by atoms with Crippen LogP contribution in [0.2, 0.25) is 0 Å². The summed E-state index contributed by atoms with van der Waals surface area (Å²) in [5, 5.41) is 0. The average molecular weight is 336 g/mol. The van der Waals surface area contributed by atoms with Crippen LogP contribution in [0.3, 0.4) is 0 Å². The number of imide groups is 1. The molecule has 2 aliphatic rings. The van der Waals surface area contributed by atoms with E-state index in [9.17, 15) is 14.4 Å². The van der Waals surface area contributed by atoms with Gasteiger partial charge in [-0.05, 0) is 18.2 Å². The quantitative estimate of drug-likeness (QED) is 0.783. The molecule has 0 saturated heterocycles. The molecule has 25 heavy (non-hydrogen) atoms. The van der Waals surface area contributed by atoms with E-state index in [-0.39, 0.29) is 12.5 Å². The highest BCUT2D eigenvalue weighted by Gasteiger charge is 2.37. The fourth-order valence-electron chi connectivity index (χ4n) is 3.16. The monoisotopic (exact) mass is 336 g/mol. The Labute approximate surface area is 144 Å². The number of amides is 3. The van der Waals surface area contributed by atoms with E-state index in [4.69, 9.17) is 4.74 Å². The summed E-state index contributed by atoms with van der Waals surface area (Å²) in [6.45, 7) is 0.939. The summed E-state index contributed by atoms with van der Waals surface area (Å²) < 4.78 is 5.65. The summed E-state index contributed by atoms with van der Waals surface area (Å²) in [5.41, 5.74) is 1.62. The summed E-state index contributed by atoms with van der Waals surface area (Å²) >= 11 is 0. The van der Waals surface area contributed by atoms with Gasteiger partial charge in [-0.2, -0.15) is 0 Å². The second-order valence-electron chi connectivity index (χ2n) is 6.01. The van der Waals surface area contributed by atoms with Crippen LogP contribution in [0, 0.1) is 0 Å². The molecule has 2 aliphatic heterocycles. The van der Waals surface area contributed by atoms with Crippen LogP contribution in [0.25, 0.3) is 0 Å². The Kier molecular flexibility index (Phi) is 3.72. The first kappa shape index (κ1) is 15.4. The zero-order valence-corrected chi connectivity index (χ0v) is 13.5. The molecule has 6 nitrogen and oxygen atoms in total. The van der Waals surface area contributed by atoms with E-state index in [1.165, 1.54) is 0 Å². The molecule has 0 radical (unpaired) electrons. The van der Waals surface area contributed by atoms with Crippen LogP contribution >= 0.6 is 0 Å². The van der Waals surface area contributed by atoms with Crippen LogP contribution in [0.1, 0.15) is 26.3 Å². The molecular weight excluding hydrogens is 320 g/mol. The standard InChI is InChI=1S/C19H16N2O4/c22-17(20-9-10-25-16-8-4-1-5-13(16)11-20)12-21-18(23)14-6-2-3-7-15(14)19(21)24/h1-8H,9-12H2. The van der Waals surface area contributed by atoms with E-state index < -0.39 is 11.8 Å². The fraction of sp³-hybridized carbons (Fsp3) is 0.211. The van der Waals surface area contributed by atoms with Crippen molar-refractivity contribution in [2.24, 2.45) is 0 Å². The van der Waals surface area contributed by atoms with Gasteiger partial charge in [-0.15, -0.1) is 0 Å². The van der Waals surface area contributed by atoms with E-state index in [2.05, 4.69) is 0 Å². The van der Waals surface area contributed by atoms with Crippen molar-refractivity contribution in [2.45, 2.75) is 6.54 Å². The first-order valence-corrected chi connectivity index (χ1v) is 8.09. The lowest BCUT2D eigenvalue weighted by Crippen LogP contribution is -2.43. The van der Waals surface area contributed by atoms with Gasteiger partial charge in [0.1, 0.15) is 18.9 Å². The predicted molar refractivity (Wildman–Crippen MR) is 89.2 cm³/mol. The van der Waals surface area contributed by atoms with Gasteiger partial charge in [0.25, 0.3) is 11.8 Å². The van der Waals surface area contributed by atoms with Crippen molar-refractivity contribution in [3.63, 3.8) is 0 Å². The molecule has 0 fully saturated rings. The summed E-state index contributed by atoms with van der Waals surface area (Å²) in [4.78, 5) is 40.1. The molecule has 0 N–H and O–H groups in total. The number of carbonyl (C=O) groups is 3. The maximum Gasteiger partial charge on any atom is 0.262 e. The second-order valence-corrected chi connectivity index (χ2v) is 6.01. The number of hydrogen-bond acceptors (Lipinski definition) is 4. The molecular formula is C19H16N2O4. The predicted octanol–water partition coefficient (Wildman–Crippen LogP) is 1.70. The fourth-order valence-corrected chi connectivity index (χ4v) is 3.16. The minimum Gasteiger partial charge on any atom is -0.491 e. The van der Waals surface area contributed by atoms with E-state index in [1.54, 1.807) is 29.2 Å². The maximum atomic E-state index is 12.7. The largest absolute Gasteiger partial charge is 0.491 e. The Morgan fingerprint density at radius 2 is 1.60 bits per heavy atom. The lowest BCUT2D eigenvalue weighted by molar-refractivity contribution is -0.132. The molecule has 3 amide bonds. The lowest BCUT2D eigenvalue weighted by atomic mass is 10.1. The molecule has 6 heteroatoms. The van der Waals surface area contributed by atoms with Gasteiger partial charge in [0, 0.05) is 12.1 Å². The smallest absolute Gasteiger partial charge is 0.262 e. The molecule has 2 aromatic rings. The first-order chi connectivity index (χ1) is 12.1. The third kappa shape index (κ3) is 2.65. The van der Waals surface area contributed by atoms with Crippen LogP contribution < -0.4 is 4.74 Å². The molecule has 0 unspecified atom stereocenters. The van der Waals surface area contributed by atoms with Gasteiger partial charge in [-0.25, -0.2) is 0 Å². The van der Waals surface area contributed by atoms with Crippen molar-refractivity contribution in [2.75, 3.05) is 19.7 Å². The van der Waals surface area contributed by atoms with Gasteiger partial charge in [0.2, 0.25) is 5.91 Å². The normalized spacial score (nSPS) is 16.2. The molecule has 2 heterocycles. The SMILES string of the molecule is O=C(CN1C(=O)c2ccccc2C1=O)N1CCOc2ccccc2C1. The number of hydrogen-bond donors (Lipinski definition) is 0. The number of ether oxygens (including phenoxy) is 1. The number of rotatable bonds is 2. The summed E-state index contributed by atoms with van der Waals surface area (Å²) in [5.74, 6) is -0.339. The van der Waals surface area contributed by atoms with Gasteiger partial charge in [-0.1, -0.05) is 30.3 Å². The number of para-hydroxylation sites is 1. The van der Waals surface area contributed by atoms with Crippen LogP contribution in [0.4, 0.5) is 0 Å². The van der Waals surface area contributed by atoms with Crippen molar-refractivity contribution in [3.05, 3.63) is 65.2 Å². The van der Waals surface area contributed by atoms with Crippen molar-refractivity contribution < 1.29 is 19.1 Å². The van der Waals surface area contributed by atoms with Gasteiger partial charge >= 0.3 is 0 Å². The molecule has 0 atom stereocenters. The molecule has 2 aromatic carbocycles. The highest BCUT2D eigenvalue weighted by molar-refractivity contribution is 6.22. The number of carbonyl (C=O) groups excluding carboxylic acids is 3. The summed E-state index contributed by atoms with van der Waals surface area (Å²) in [7, 11) is 0. The Hall–Kier alpha value is -3.15. The number of nitrogens with zero attached hydrogens (tertiary/aromatic N) is 2. The van der Waals surface area contributed by atoms with Gasteiger partial charge < -0.3 is 9.64 Å². The molecule has 0 aromatic heterocycles. The van der Waals surface area contributed by atoms with E-state index >= 15 is 0 Å². The van der Waals surface area contributed by atoms with Crippen molar-refractivity contribution in [1.29, 1.82) is 0 Å². The topological polar surface area (TPSA) is 66.9 Å². The lowest BCUT2D eigenvalue weighted by Gasteiger charge is -2.22. The highest BCUT2D eigenvalue weighted by Crippen LogP contribution is 2.24. The van der Waals surface area contributed by atoms with Crippen molar-refractivity contribution in [3.8, 4) is 5.75 Å². The van der Waals surface area contributed by atoms with Gasteiger partial charge in [-0.3, -0.25) is 19.3 Å². The molecule has 0 aliphatic carbocycles. The average Bonchev–Trinajstić information content (AvgIpc) is 2.81. The minimum atomic E-state index is -0.416. The molecule has 0 saturated carbocycles. The third-order valence-electron chi connectivity index (χ3n) is 4.48. The summed E-state index contributed by atoms with van der Waals surface area (Å²) in [6.07, 6.45) is 0. The Balaban J connectivity index is 1.52. The summed E-state index contributed by atoms with van der Waals surface area (Å²) in [6, 6.07) is 14.2. The molecule has 126 valence electrons. The van der Waals surface area contributed by atoms with E-state index in [0.29, 0.717) is 30.8 Å². The van der Waals surface area contributed by atoms with Crippen LogP contribution in [-0.4, -0.2) is 47.2 Å². The Morgan fingerprint density at radius 3 is 2.32 bits per heavy atom. The van der Waals surface area contributed by atoms with Crippen LogP contribution in [0.5, 0.6) is 5.75 Å². The van der Waals surface area contributed by atoms with E-state index in [1.807, 2.05) is 24.3 Å². The van der Waals surface area contributed by atoms with Crippen LogP contribution in [-0.2, 0) is 11.3 Å². The number of fused-ring (bicyclic) bond motifs is 2. The van der Waals surface area contributed by atoms with Gasteiger partial charge in [0.05, 0.1) is 17.7 Å². The Morgan fingerprint density at radius 1 is 0.960 bits per heavy atom. The molecule has 4 rings (SSSR count). The third-order valence-corrected chi connectivity index (χ3v) is 4.48. The Bertz CT molecular complexity index is 842. The van der Waals surface area contributed by atoms with E-state index in [0.717, 1.165) is 16.2 Å². The second kappa shape index (κ2) is 6.05. The molecule has 0 spiro atoms. The highest BCUT2D eigenvalue weighted by atomic mass is 16.5. The minimum absolute atomic E-state index is 0.255.